The summed E-state index contributed by atoms with van der Waals surface area (Å²) in [6.45, 7) is 7.14. The van der Waals surface area contributed by atoms with Gasteiger partial charge in [0.15, 0.2) is 0 Å². The summed E-state index contributed by atoms with van der Waals surface area (Å²) in [6.07, 6.45) is 5.66. The summed E-state index contributed by atoms with van der Waals surface area (Å²) < 4.78 is 6.45. The zero-order valence-corrected chi connectivity index (χ0v) is 9.48. The van der Waals surface area contributed by atoms with Crippen molar-refractivity contribution >= 4 is 12.2 Å². The fourth-order valence-corrected chi connectivity index (χ4v) is 1.22. The highest BCUT2D eigenvalue weighted by atomic mass is 16.5. The van der Waals surface area contributed by atoms with E-state index >= 15 is 0 Å². The quantitative estimate of drug-likeness (QED) is 0.554. The Morgan fingerprint density at radius 3 is 3.19 bits per heavy atom. The minimum Gasteiger partial charge on any atom is -0.466 e. The molecule has 0 atom stereocenters. The van der Waals surface area contributed by atoms with Gasteiger partial charge >= 0.3 is 5.97 Å². The standard InChI is InChI=1S/C11H17N3O2/c1-3-14-9-10(8-13-14)7-12-6-5-11(15)16-4-2/h3,8-9,12H,1,4-7H2,2H3. The summed E-state index contributed by atoms with van der Waals surface area (Å²) in [5.74, 6) is -0.170. The van der Waals surface area contributed by atoms with Crippen LogP contribution in [0.15, 0.2) is 19.0 Å². The highest BCUT2D eigenvalue weighted by molar-refractivity contribution is 5.69. The molecular weight excluding hydrogens is 206 g/mol. The Morgan fingerprint density at radius 1 is 1.75 bits per heavy atom. The highest BCUT2D eigenvalue weighted by Gasteiger charge is 2.01. The smallest absolute Gasteiger partial charge is 0.307 e. The van der Waals surface area contributed by atoms with Crippen LogP contribution in [0.1, 0.15) is 18.9 Å². The van der Waals surface area contributed by atoms with Crippen LogP contribution in [-0.2, 0) is 16.1 Å². The van der Waals surface area contributed by atoms with Crippen molar-refractivity contribution in [3.8, 4) is 0 Å². The maximum absolute atomic E-state index is 11.0. The Hall–Kier alpha value is -1.62. The molecule has 0 radical (unpaired) electrons. The normalized spacial score (nSPS) is 10.1. The third kappa shape index (κ3) is 4.27. The van der Waals surface area contributed by atoms with Crippen LogP contribution in [0.5, 0.6) is 0 Å². The van der Waals surface area contributed by atoms with Crippen molar-refractivity contribution in [2.45, 2.75) is 19.9 Å². The molecule has 1 aromatic rings. The summed E-state index contributed by atoms with van der Waals surface area (Å²) in [6, 6.07) is 0. The molecule has 5 heteroatoms. The van der Waals surface area contributed by atoms with E-state index in [-0.39, 0.29) is 5.97 Å². The zero-order valence-electron chi connectivity index (χ0n) is 9.48. The van der Waals surface area contributed by atoms with E-state index in [0.717, 1.165) is 5.56 Å². The van der Waals surface area contributed by atoms with Crippen LogP contribution >= 0.6 is 0 Å². The lowest BCUT2D eigenvalue weighted by molar-refractivity contribution is -0.142. The van der Waals surface area contributed by atoms with E-state index in [9.17, 15) is 4.79 Å². The monoisotopic (exact) mass is 223 g/mol. The molecule has 0 unspecified atom stereocenters. The average Bonchev–Trinajstić information content (AvgIpc) is 2.73. The van der Waals surface area contributed by atoms with Crippen molar-refractivity contribution in [1.29, 1.82) is 0 Å². The number of rotatable bonds is 7. The molecule has 1 N–H and O–H groups in total. The number of esters is 1. The molecule has 0 spiro atoms. The lowest BCUT2D eigenvalue weighted by Crippen LogP contribution is -2.18. The first-order chi connectivity index (χ1) is 7.76. The summed E-state index contributed by atoms with van der Waals surface area (Å²) in [5, 5.41) is 7.18. The number of carbonyl (C=O) groups excluding carboxylic acids is 1. The molecule has 0 saturated heterocycles. The number of aromatic nitrogens is 2. The number of hydrogen-bond donors (Lipinski definition) is 1. The molecule has 1 aromatic heterocycles. The second kappa shape index (κ2) is 6.79. The fraction of sp³-hybridized carbons (Fsp3) is 0.455. The average molecular weight is 223 g/mol. The van der Waals surface area contributed by atoms with Gasteiger partial charge in [-0.1, -0.05) is 6.58 Å². The predicted octanol–water partition coefficient (Wildman–Crippen LogP) is 1.03. The lowest BCUT2D eigenvalue weighted by Gasteiger charge is -2.02. The molecular formula is C11H17N3O2. The van der Waals surface area contributed by atoms with Crippen molar-refractivity contribution in [1.82, 2.24) is 15.1 Å². The second-order valence-electron chi connectivity index (χ2n) is 3.24. The predicted molar refractivity (Wildman–Crippen MR) is 61.6 cm³/mol. The van der Waals surface area contributed by atoms with Gasteiger partial charge in [0.2, 0.25) is 0 Å². The first-order valence-electron chi connectivity index (χ1n) is 5.28. The fourth-order valence-electron chi connectivity index (χ4n) is 1.22. The molecule has 0 fully saturated rings. The largest absolute Gasteiger partial charge is 0.466 e. The van der Waals surface area contributed by atoms with Crippen LogP contribution in [0.4, 0.5) is 0 Å². The SMILES string of the molecule is C=Cn1cc(CNCCC(=O)OCC)cn1. The summed E-state index contributed by atoms with van der Waals surface area (Å²) in [7, 11) is 0. The molecule has 0 aliphatic rings. The number of carbonyl (C=O) groups is 1. The van der Waals surface area contributed by atoms with Gasteiger partial charge in [-0.15, -0.1) is 0 Å². The Kier molecular flexibility index (Phi) is 5.28. The lowest BCUT2D eigenvalue weighted by atomic mass is 10.3. The first kappa shape index (κ1) is 12.4. The summed E-state index contributed by atoms with van der Waals surface area (Å²) in [4.78, 5) is 11.0. The third-order valence-electron chi connectivity index (χ3n) is 1.98. The molecule has 1 rings (SSSR count). The van der Waals surface area contributed by atoms with Crippen LogP contribution in [-0.4, -0.2) is 28.9 Å². The molecule has 0 aliphatic heterocycles. The van der Waals surface area contributed by atoms with Crippen molar-refractivity contribution in [2.24, 2.45) is 0 Å². The molecule has 5 nitrogen and oxygen atoms in total. The van der Waals surface area contributed by atoms with Crippen molar-refractivity contribution in [3.05, 3.63) is 24.5 Å². The van der Waals surface area contributed by atoms with Crippen molar-refractivity contribution in [3.63, 3.8) is 0 Å². The highest BCUT2D eigenvalue weighted by Crippen LogP contribution is 1.97. The Morgan fingerprint density at radius 2 is 2.56 bits per heavy atom. The summed E-state index contributed by atoms with van der Waals surface area (Å²) in [5.41, 5.74) is 1.06. The van der Waals surface area contributed by atoms with E-state index in [2.05, 4.69) is 17.0 Å². The van der Waals surface area contributed by atoms with Gasteiger partial charge < -0.3 is 10.1 Å². The first-order valence-corrected chi connectivity index (χ1v) is 5.28. The van der Waals surface area contributed by atoms with Gasteiger partial charge in [-0.25, -0.2) is 4.68 Å². The van der Waals surface area contributed by atoms with Gasteiger partial charge in [0, 0.05) is 31.0 Å². The zero-order chi connectivity index (χ0) is 11.8. The molecule has 16 heavy (non-hydrogen) atoms. The molecule has 0 saturated carbocycles. The van der Waals surface area contributed by atoms with Gasteiger partial charge in [-0.05, 0) is 6.92 Å². The molecule has 0 aliphatic carbocycles. The molecule has 1 heterocycles. The second-order valence-corrected chi connectivity index (χ2v) is 3.24. The van der Waals surface area contributed by atoms with Crippen LogP contribution in [0.2, 0.25) is 0 Å². The maximum atomic E-state index is 11.0. The molecule has 0 amide bonds. The molecule has 0 bridgehead atoms. The van der Waals surface area contributed by atoms with Crippen LogP contribution in [0, 0.1) is 0 Å². The number of ether oxygens (including phenoxy) is 1. The van der Waals surface area contributed by atoms with E-state index < -0.39 is 0 Å². The Labute approximate surface area is 95.1 Å². The van der Waals surface area contributed by atoms with E-state index in [0.29, 0.717) is 26.1 Å². The van der Waals surface area contributed by atoms with Crippen LogP contribution < -0.4 is 5.32 Å². The number of nitrogens with zero attached hydrogens (tertiary/aromatic N) is 2. The van der Waals surface area contributed by atoms with Gasteiger partial charge in [0.1, 0.15) is 0 Å². The van der Waals surface area contributed by atoms with Crippen molar-refractivity contribution < 1.29 is 9.53 Å². The van der Waals surface area contributed by atoms with E-state index in [1.165, 1.54) is 0 Å². The number of hydrogen-bond acceptors (Lipinski definition) is 4. The molecule has 88 valence electrons. The summed E-state index contributed by atoms with van der Waals surface area (Å²) >= 11 is 0. The number of nitrogens with one attached hydrogen (secondary N) is 1. The van der Waals surface area contributed by atoms with Crippen LogP contribution in [0.25, 0.3) is 6.20 Å². The van der Waals surface area contributed by atoms with E-state index in [1.807, 2.05) is 6.20 Å². The molecule has 0 aromatic carbocycles. The van der Waals surface area contributed by atoms with Gasteiger partial charge in [0.25, 0.3) is 0 Å². The van der Waals surface area contributed by atoms with E-state index in [4.69, 9.17) is 4.74 Å². The maximum Gasteiger partial charge on any atom is 0.307 e. The Balaban J connectivity index is 2.15. The minimum absolute atomic E-state index is 0.170. The van der Waals surface area contributed by atoms with E-state index in [1.54, 1.807) is 24.0 Å². The Bertz CT molecular complexity index is 347. The van der Waals surface area contributed by atoms with Crippen molar-refractivity contribution in [2.75, 3.05) is 13.2 Å². The van der Waals surface area contributed by atoms with Gasteiger partial charge in [0.05, 0.1) is 19.2 Å². The third-order valence-corrected chi connectivity index (χ3v) is 1.98. The minimum atomic E-state index is -0.170. The van der Waals surface area contributed by atoms with Crippen LogP contribution in [0.3, 0.4) is 0 Å². The van der Waals surface area contributed by atoms with Gasteiger partial charge in [-0.3, -0.25) is 4.79 Å². The van der Waals surface area contributed by atoms with Gasteiger partial charge in [-0.2, -0.15) is 5.10 Å². The topological polar surface area (TPSA) is 56.2 Å².